The van der Waals surface area contributed by atoms with Gasteiger partial charge in [-0.3, -0.25) is 9.59 Å². The normalized spacial score (nSPS) is 13.4. The SMILES string of the molecule is CC/C=C\C/C=C\C/C=C\C/C=C\C/C=C\C/C=C\C/C=C\C/C=C\C/C=C\C/C=C\C/C=C\CCCCCC(=O)OC(CO)COC(=O)CCCCCCCCCCCCCC. The third-order valence-corrected chi connectivity index (χ3v) is 10.2. The smallest absolute Gasteiger partial charge is 0.306 e. The number of hydrogen-bond donors (Lipinski definition) is 1. The van der Waals surface area contributed by atoms with Crippen LogP contribution in [0.4, 0.5) is 0 Å². The molecule has 5 heteroatoms. The molecule has 0 aliphatic heterocycles. The van der Waals surface area contributed by atoms with Gasteiger partial charge in [-0.25, -0.2) is 0 Å². The third kappa shape index (κ3) is 50.6. The van der Waals surface area contributed by atoms with Gasteiger partial charge < -0.3 is 14.6 Å². The maximum absolute atomic E-state index is 12.2. The molecule has 1 N–H and O–H groups in total. The van der Waals surface area contributed by atoms with Crippen LogP contribution in [0.3, 0.4) is 0 Å². The van der Waals surface area contributed by atoms with Gasteiger partial charge in [0.1, 0.15) is 6.61 Å². The second kappa shape index (κ2) is 52.4. The van der Waals surface area contributed by atoms with Crippen LogP contribution < -0.4 is 0 Å². The Morgan fingerprint density at radius 2 is 0.683 bits per heavy atom. The molecule has 0 aromatic rings. The summed E-state index contributed by atoms with van der Waals surface area (Å²) < 4.78 is 10.6. The highest BCUT2D eigenvalue weighted by Crippen LogP contribution is 2.13. The highest BCUT2D eigenvalue weighted by atomic mass is 16.6. The first-order valence-electron chi connectivity index (χ1n) is 25.2. The number of carbonyl (C=O) groups excluding carboxylic acids is 2. The Balaban J connectivity index is 3.70. The van der Waals surface area contributed by atoms with Gasteiger partial charge in [0.05, 0.1) is 6.61 Å². The van der Waals surface area contributed by atoms with E-state index < -0.39 is 6.10 Å². The number of hydrogen-bond acceptors (Lipinski definition) is 5. The van der Waals surface area contributed by atoms with Gasteiger partial charge in [0.2, 0.25) is 0 Å². The van der Waals surface area contributed by atoms with E-state index in [-0.39, 0.29) is 25.2 Å². The van der Waals surface area contributed by atoms with E-state index in [1.54, 1.807) is 0 Å². The second-order valence-electron chi connectivity index (χ2n) is 16.2. The lowest BCUT2D eigenvalue weighted by molar-refractivity contribution is -0.161. The fraction of sp³-hybridized carbons (Fsp3) is 0.586. The molecule has 0 aliphatic carbocycles. The summed E-state index contributed by atoms with van der Waals surface area (Å²) in [6, 6.07) is 0. The van der Waals surface area contributed by atoms with Crippen molar-refractivity contribution in [1.82, 2.24) is 0 Å². The molecule has 0 saturated heterocycles. The van der Waals surface area contributed by atoms with Crippen LogP contribution >= 0.6 is 0 Å². The van der Waals surface area contributed by atoms with Crippen LogP contribution in [0.2, 0.25) is 0 Å². The second-order valence-corrected chi connectivity index (χ2v) is 16.2. The van der Waals surface area contributed by atoms with Crippen molar-refractivity contribution in [3.05, 3.63) is 134 Å². The van der Waals surface area contributed by atoms with Gasteiger partial charge >= 0.3 is 11.9 Å². The molecule has 0 saturated carbocycles. The lowest BCUT2D eigenvalue weighted by Gasteiger charge is -2.15. The van der Waals surface area contributed by atoms with Crippen molar-refractivity contribution < 1.29 is 24.2 Å². The van der Waals surface area contributed by atoms with Crippen LogP contribution in [0.15, 0.2) is 134 Å². The zero-order valence-electron chi connectivity index (χ0n) is 40.3. The highest BCUT2D eigenvalue weighted by molar-refractivity contribution is 5.70. The van der Waals surface area contributed by atoms with E-state index in [2.05, 4.69) is 148 Å². The Hall–Kier alpha value is -3.96. The summed E-state index contributed by atoms with van der Waals surface area (Å²) in [5.74, 6) is -0.638. The first-order chi connectivity index (χ1) is 31.1. The van der Waals surface area contributed by atoms with Crippen molar-refractivity contribution in [2.24, 2.45) is 0 Å². The number of ether oxygens (including phenoxy) is 2. The predicted molar refractivity (Wildman–Crippen MR) is 274 cm³/mol. The molecule has 0 amide bonds. The van der Waals surface area contributed by atoms with E-state index in [4.69, 9.17) is 9.47 Å². The van der Waals surface area contributed by atoms with Crippen molar-refractivity contribution in [2.45, 2.75) is 206 Å². The molecular weight excluding hydrogens is 777 g/mol. The molecule has 0 heterocycles. The Kier molecular flexibility index (Phi) is 49.1. The molecule has 0 rings (SSSR count). The van der Waals surface area contributed by atoms with Crippen LogP contribution in [0.25, 0.3) is 0 Å². The van der Waals surface area contributed by atoms with Gasteiger partial charge in [0.25, 0.3) is 0 Å². The number of esters is 2. The van der Waals surface area contributed by atoms with Crippen LogP contribution in [-0.4, -0.2) is 36.4 Å². The van der Waals surface area contributed by atoms with E-state index in [1.165, 1.54) is 57.8 Å². The summed E-state index contributed by atoms with van der Waals surface area (Å²) in [6.45, 7) is 3.98. The zero-order valence-corrected chi connectivity index (χ0v) is 40.3. The van der Waals surface area contributed by atoms with Gasteiger partial charge in [0, 0.05) is 12.8 Å². The Labute approximate surface area is 387 Å². The summed E-state index contributed by atoms with van der Waals surface area (Å²) >= 11 is 0. The number of aliphatic hydroxyl groups is 1. The van der Waals surface area contributed by atoms with Crippen molar-refractivity contribution in [3.8, 4) is 0 Å². The Bertz CT molecular complexity index is 1350. The molecule has 0 aliphatic rings. The quantitative estimate of drug-likeness (QED) is 0.0375. The van der Waals surface area contributed by atoms with Gasteiger partial charge in [-0.2, -0.15) is 0 Å². The summed E-state index contributed by atoms with van der Waals surface area (Å²) in [7, 11) is 0. The Morgan fingerprint density at radius 1 is 0.381 bits per heavy atom. The van der Waals surface area contributed by atoms with Crippen molar-refractivity contribution in [3.63, 3.8) is 0 Å². The molecule has 0 aromatic carbocycles. The van der Waals surface area contributed by atoms with Crippen LogP contribution in [0, 0.1) is 0 Å². The standard InChI is InChI=1S/C58H92O5/c1-3-5-7-9-11-13-15-17-18-19-20-21-22-23-24-25-26-27-28-29-30-31-32-33-34-35-36-37-38-39-40-41-43-45-47-49-51-53-58(61)63-56(54-59)55-62-57(60)52-50-48-46-44-42-16-14-12-10-8-6-4-2/h5,7,11,13,17-18,20-21,23-24,26-27,29-30,32-33,35-36,38-39,41,43,56,59H,3-4,6,8-10,12,14-16,19,22,25,28,31,34,37,40,42,44-55H2,1-2H3/b7-5-,13-11-,18-17-,21-20-,24-23-,27-26-,30-29-,33-32-,36-35-,39-38-,43-41-. The molecule has 0 spiro atoms. The van der Waals surface area contributed by atoms with E-state index in [0.29, 0.717) is 12.8 Å². The van der Waals surface area contributed by atoms with Crippen molar-refractivity contribution in [2.75, 3.05) is 13.2 Å². The fourth-order valence-corrected chi connectivity index (χ4v) is 6.44. The molecule has 1 atom stereocenters. The predicted octanol–water partition coefficient (Wildman–Crippen LogP) is 16.9. The number of aliphatic hydroxyl groups excluding tert-OH is 1. The molecule has 0 bridgehead atoms. The number of carbonyl (C=O) groups is 2. The molecule has 63 heavy (non-hydrogen) atoms. The largest absolute Gasteiger partial charge is 0.462 e. The lowest BCUT2D eigenvalue weighted by Crippen LogP contribution is -2.28. The minimum atomic E-state index is -0.796. The van der Waals surface area contributed by atoms with Gasteiger partial charge in [-0.15, -0.1) is 0 Å². The number of allylic oxidation sites excluding steroid dienone is 22. The lowest BCUT2D eigenvalue weighted by atomic mass is 10.0. The molecule has 1 unspecified atom stereocenters. The summed E-state index contributed by atoms with van der Waals surface area (Å²) in [5, 5.41) is 9.59. The molecule has 5 nitrogen and oxygen atoms in total. The monoisotopic (exact) mass is 869 g/mol. The van der Waals surface area contributed by atoms with Crippen LogP contribution in [0.1, 0.15) is 200 Å². The van der Waals surface area contributed by atoms with Gasteiger partial charge in [-0.1, -0.05) is 225 Å². The highest BCUT2D eigenvalue weighted by Gasteiger charge is 2.16. The topological polar surface area (TPSA) is 72.8 Å². The maximum Gasteiger partial charge on any atom is 0.306 e. The van der Waals surface area contributed by atoms with Crippen LogP contribution in [0.5, 0.6) is 0 Å². The summed E-state index contributed by atoms with van der Waals surface area (Å²) in [5.41, 5.74) is 0. The van der Waals surface area contributed by atoms with E-state index in [0.717, 1.165) is 116 Å². The summed E-state index contributed by atoms with van der Waals surface area (Å²) in [6.07, 6.45) is 78.3. The first-order valence-corrected chi connectivity index (χ1v) is 25.2. The minimum absolute atomic E-state index is 0.0854. The Morgan fingerprint density at radius 3 is 1.03 bits per heavy atom. The average molecular weight is 869 g/mol. The van der Waals surface area contributed by atoms with Crippen molar-refractivity contribution >= 4 is 11.9 Å². The molecule has 0 aromatic heterocycles. The number of unbranched alkanes of at least 4 members (excludes halogenated alkanes) is 14. The van der Waals surface area contributed by atoms with Crippen molar-refractivity contribution in [1.29, 1.82) is 0 Å². The zero-order chi connectivity index (χ0) is 45.6. The molecule has 0 fully saturated rings. The fourth-order valence-electron chi connectivity index (χ4n) is 6.44. The van der Waals surface area contributed by atoms with Crippen LogP contribution in [-0.2, 0) is 19.1 Å². The number of rotatable bonds is 44. The minimum Gasteiger partial charge on any atom is -0.462 e. The molecular formula is C58H92O5. The molecule has 0 radical (unpaired) electrons. The summed E-state index contributed by atoms with van der Waals surface area (Å²) in [4.78, 5) is 24.3. The van der Waals surface area contributed by atoms with Gasteiger partial charge in [-0.05, 0) is 96.3 Å². The van der Waals surface area contributed by atoms with E-state index >= 15 is 0 Å². The van der Waals surface area contributed by atoms with E-state index in [9.17, 15) is 14.7 Å². The molecule has 354 valence electrons. The third-order valence-electron chi connectivity index (χ3n) is 10.2. The first kappa shape index (κ1) is 59.0. The van der Waals surface area contributed by atoms with E-state index in [1.807, 2.05) is 0 Å². The average Bonchev–Trinajstić information content (AvgIpc) is 3.29. The maximum atomic E-state index is 12.2. The van der Waals surface area contributed by atoms with Gasteiger partial charge in [0.15, 0.2) is 6.10 Å².